The molecule has 6 unspecified atom stereocenters. The first-order valence-corrected chi connectivity index (χ1v) is 9.52. The van der Waals surface area contributed by atoms with Crippen LogP contribution in [0.2, 0.25) is 0 Å². The van der Waals surface area contributed by atoms with Gasteiger partial charge in [-0.15, -0.1) is 0 Å². The lowest BCUT2D eigenvalue weighted by Crippen LogP contribution is -2.65. The number of esters is 1. The highest BCUT2D eigenvalue weighted by molar-refractivity contribution is 9.09. The van der Waals surface area contributed by atoms with Crippen molar-refractivity contribution in [2.45, 2.75) is 57.0 Å². The van der Waals surface area contributed by atoms with E-state index in [1.54, 1.807) is 0 Å². The molecule has 6 rings (SSSR count). The third-order valence-electron chi connectivity index (χ3n) is 8.71. The summed E-state index contributed by atoms with van der Waals surface area (Å²) in [5, 5.41) is 0.802. The first kappa shape index (κ1) is 13.2. The summed E-state index contributed by atoms with van der Waals surface area (Å²) in [6.07, 6.45) is 1.84. The first-order valence-electron chi connectivity index (χ1n) is 8.40. The molecular weight excluding hydrogens is 348 g/mol. The largest absolute Gasteiger partial charge is 0.458 e. The Hall–Kier alpha value is -0.130. The van der Waals surface area contributed by atoms with Crippen molar-refractivity contribution >= 4 is 21.9 Å². The van der Waals surface area contributed by atoms with Gasteiger partial charge in [-0.2, -0.15) is 0 Å². The lowest BCUT2D eigenvalue weighted by molar-refractivity contribution is -0.193. The average molecular weight is 369 g/mol. The number of ether oxygens (including phenoxy) is 3. The number of alkyl halides is 1. The molecule has 2 spiro atoms. The van der Waals surface area contributed by atoms with Crippen molar-refractivity contribution in [2.24, 2.45) is 28.1 Å². The quantitative estimate of drug-likeness (QED) is 0.526. The monoisotopic (exact) mass is 368 g/mol. The number of hydrogen-bond donors (Lipinski definition) is 0. The molecule has 120 valence electrons. The van der Waals surface area contributed by atoms with Crippen LogP contribution in [-0.2, 0) is 19.0 Å². The van der Waals surface area contributed by atoms with Crippen molar-refractivity contribution in [3.8, 4) is 0 Å². The predicted octanol–water partition coefficient (Wildman–Crippen LogP) is 2.29. The highest BCUT2D eigenvalue weighted by atomic mass is 79.9. The number of carbonyl (C=O) groups is 1. The van der Waals surface area contributed by atoms with E-state index in [2.05, 4.69) is 36.7 Å². The van der Waals surface area contributed by atoms with Crippen LogP contribution in [-0.4, -0.2) is 41.3 Å². The van der Waals surface area contributed by atoms with Crippen LogP contribution >= 0.6 is 15.9 Å². The van der Waals surface area contributed by atoms with E-state index in [0.29, 0.717) is 5.92 Å². The van der Waals surface area contributed by atoms with E-state index in [-0.39, 0.29) is 51.5 Å². The second-order valence-corrected chi connectivity index (χ2v) is 9.71. The molecule has 6 aliphatic rings. The van der Waals surface area contributed by atoms with Crippen LogP contribution in [0.3, 0.4) is 0 Å². The Morgan fingerprint density at radius 3 is 2.77 bits per heavy atom. The molecule has 9 atom stereocenters. The third-order valence-corrected chi connectivity index (χ3v) is 9.83. The molecule has 3 aliphatic heterocycles. The van der Waals surface area contributed by atoms with Gasteiger partial charge >= 0.3 is 5.97 Å². The van der Waals surface area contributed by atoms with Gasteiger partial charge in [-0.05, 0) is 25.7 Å². The minimum absolute atomic E-state index is 0.0141. The van der Waals surface area contributed by atoms with Crippen LogP contribution < -0.4 is 0 Å². The summed E-state index contributed by atoms with van der Waals surface area (Å²) in [5.41, 5.74) is -1.05. The van der Waals surface area contributed by atoms with Gasteiger partial charge in [-0.3, -0.25) is 4.79 Å². The van der Waals surface area contributed by atoms with E-state index < -0.39 is 0 Å². The number of fused-ring (bicyclic) bond motifs is 1. The van der Waals surface area contributed by atoms with Crippen LogP contribution in [0, 0.1) is 28.1 Å². The maximum absolute atomic E-state index is 12.7. The Kier molecular flexibility index (Phi) is 1.84. The summed E-state index contributed by atoms with van der Waals surface area (Å²) in [4.78, 5) is 12.7. The van der Waals surface area contributed by atoms with Crippen molar-refractivity contribution in [1.29, 1.82) is 0 Å². The van der Waals surface area contributed by atoms with Crippen molar-refractivity contribution < 1.29 is 19.0 Å². The zero-order valence-electron chi connectivity index (χ0n) is 13.1. The molecule has 3 saturated heterocycles. The zero-order chi connectivity index (χ0) is 15.3. The Morgan fingerprint density at radius 1 is 1.27 bits per heavy atom. The van der Waals surface area contributed by atoms with Gasteiger partial charge < -0.3 is 14.2 Å². The Morgan fingerprint density at radius 2 is 2.05 bits per heavy atom. The Labute approximate surface area is 138 Å². The topological polar surface area (TPSA) is 44.8 Å². The summed E-state index contributed by atoms with van der Waals surface area (Å²) < 4.78 is 19.2. The van der Waals surface area contributed by atoms with E-state index in [9.17, 15) is 4.79 Å². The molecular formula is C17H21BrO4. The smallest absolute Gasteiger partial charge is 0.313 e. The van der Waals surface area contributed by atoms with E-state index in [1.807, 2.05) is 0 Å². The standard InChI is InChI=1S/C17H21BrO4/c1-13-7-20-9-10(13)14(2,6-18)22-17(13)5-8-4-16(8)12(19)21-11(9)15(16,17)3/h8-11H,4-7H2,1-3H3/t8-,9?,10?,11?,13?,14+,15?,16+,17?/m0/s1. The van der Waals surface area contributed by atoms with Gasteiger partial charge in [0.25, 0.3) is 0 Å². The molecule has 0 aromatic carbocycles. The second kappa shape index (κ2) is 3.06. The van der Waals surface area contributed by atoms with Gasteiger partial charge in [0.05, 0.1) is 28.6 Å². The summed E-state index contributed by atoms with van der Waals surface area (Å²) in [7, 11) is 0. The number of halogens is 1. The summed E-state index contributed by atoms with van der Waals surface area (Å²) in [6, 6.07) is 0. The van der Waals surface area contributed by atoms with E-state index >= 15 is 0 Å². The normalized spacial score (nSPS) is 72.3. The van der Waals surface area contributed by atoms with Crippen molar-refractivity contribution in [2.75, 3.05) is 11.9 Å². The molecule has 4 nitrogen and oxygen atoms in total. The van der Waals surface area contributed by atoms with Crippen LogP contribution in [0.15, 0.2) is 0 Å². The van der Waals surface area contributed by atoms with Crippen LogP contribution in [0.1, 0.15) is 33.6 Å². The fourth-order valence-electron chi connectivity index (χ4n) is 7.94. The maximum Gasteiger partial charge on any atom is 0.313 e. The highest BCUT2D eigenvalue weighted by Gasteiger charge is 2.97. The van der Waals surface area contributed by atoms with Crippen molar-refractivity contribution in [3.05, 3.63) is 0 Å². The van der Waals surface area contributed by atoms with Gasteiger partial charge in [-0.1, -0.05) is 29.8 Å². The minimum Gasteiger partial charge on any atom is -0.458 e. The lowest BCUT2D eigenvalue weighted by atomic mass is 9.47. The minimum atomic E-state index is -0.284. The SMILES string of the molecule is CC12COC3C4OC(=O)[C@@]56C[C@H]5CC1(O[C@](C)(CBr)C32)C46C. The van der Waals surface area contributed by atoms with Gasteiger partial charge in [0.1, 0.15) is 12.2 Å². The second-order valence-electron chi connectivity index (χ2n) is 9.15. The van der Waals surface area contributed by atoms with Crippen molar-refractivity contribution in [1.82, 2.24) is 0 Å². The Bertz CT molecular complexity index is 653. The lowest BCUT2D eigenvalue weighted by Gasteiger charge is -2.54. The molecule has 3 heterocycles. The fraction of sp³-hybridized carbons (Fsp3) is 0.941. The van der Waals surface area contributed by atoms with Gasteiger partial charge in [-0.25, -0.2) is 0 Å². The highest BCUT2D eigenvalue weighted by Crippen LogP contribution is 2.89. The fourth-order valence-corrected chi connectivity index (χ4v) is 8.41. The van der Waals surface area contributed by atoms with Crippen LogP contribution in [0.4, 0.5) is 0 Å². The predicted molar refractivity (Wildman–Crippen MR) is 80.5 cm³/mol. The van der Waals surface area contributed by atoms with Gasteiger partial charge in [0.15, 0.2) is 0 Å². The van der Waals surface area contributed by atoms with E-state index in [1.165, 1.54) is 0 Å². The van der Waals surface area contributed by atoms with Crippen molar-refractivity contribution in [3.63, 3.8) is 0 Å². The number of hydrogen-bond acceptors (Lipinski definition) is 4. The third kappa shape index (κ3) is 0.838. The number of rotatable bonds is 1. The van der Waals surface area contributed by atoms with E-state index in [0.717, 1.165) is 24.8 Å². The summed E-state index contributed by atoms with van der Waals surface area (Å²) >= 11 is 3.69. The Balaban J connectivity index is 1.69. The maximum atomic E-state index is 12.7. The average Bonchev–Trinajstić information content (AvgIpc) is 2.88. The van der Waals surface area contributed by atoms with Gasteiger partial charge in [0, 0.05) is 16.7 Å². The molecule has 0 N–H and O–H groups in total. The molecule has 4 bridgehead atoms. The molecule has 3 aliphatic carbocycles. The number of carbonyl (C=O) groups excluding carboxylic acids is 1. The summed E-state index contributed by atoms with van der Waals surface area (Å²) in [6.45, 7) is 7.56. The zero-order valence-corrected chi connectivity index (χ0v) is 14.7. The first-order chi connectivity index (χ1) is 10.3. The molecule has 5 heteroatoms. The molecule has 6 fully saturated rings. The van der Waals surface area contributed by atoms with Crippen LogP contribution in [0.5, 0.6) is 0 Å². The van der Waals surface area contributed by atoms with E-state index in [4.69, 9.17) is 14.2 Å². The molecule has 0 amide bonds. The molecule has 0 radical (unpaired) electrons. The molecule has 22 heavy (non-hydrogen) atoms. The molecule has 0 aromatic rings. The molecule has 3 saturated carbocycles. The molecule has 0 aromatic heterocycles. The van der Waals surface area contributed by atoms with Crippen LogP contribution in [0.25, 0.3) is 0 Å². The summed E-state index contributed by atoms with van der Waals surface area (Å²) in [5.74, 6) is 0.763. The van der Waals surface area contributed by atoms with Gasteiger partial charge in [0.2, 0.25) is 0 Å².